The predicted octanol–water partition coefficient (Wildman–Crippen LogP) is 4.86. The van der Waals surface area contributed by atoms with Gasteiger partial charge < -0.3 is 19.7 Å². The minimum Gasteiger partial charge on any atom is -0.506 e. The molecule has 1 aliphatic heterocycles. The summed E-state index contributed by atoms with van der Waals surface area (Å²) in [6, 6.07) is 0. The number of hydrogen-bond donors (Lipinski definition) is 2. The van der Waals surface area contributed by atoms with Crippen molar-refractivity contribution in [2.24, 2.45) is 5.92 Å². The third kappa shape index (κ3) is 3.71. The second-order valence-corrected chi connectivity index (χ2v) is 7.44. The second kappa shape index (κ2) is 7.44. The zero-order valence-electron chi connectivity index (χ0n) is 16.3. The van der Waals surface area contributed by atoms with Gasteiger partial charge in [-0.25, -0.2) is 0 Å². The van der Waals surface area contributed by atoms with Crippen LogP contribution in [0.15, 0.2) is 17.7 Å². The number of aromatic hydroxyl groups is 2. The summed E-state index contributed by atoms with van der Waals surface area (Å²) in [6.07, 6.45) is 7.21. The zero-order valence-corrected chi connectivity index (χ0v) is 16.3. The molecule has 26 heavy (non-hydrogen) atoms. The molecule has 0 spiro atoms. The molecule has 0 saturated carbocycles. The lowest BCUT2D eigenvalue weighted by atomic mass is 9.91. The largest absolute Gasteiger partial charge is 0.506 e. The SMILES string of the molecule is COc1c(O)c2c(c(O)c1C(=O)C(C)C)C=CC(C)(CCC=C(C)C)O2. The molecule has 1 unspecified atom stereocenters. The van der Waals surface area contributed by atoms with Gasteiger partial charge in [0.15, 0.2) is 17.3 Å². The maximum atomic E-state index is 12.5. The van der Waals surface area contributed by atoms with E-state index in [1.165, 1.54) is 12.7 Å². The topological polar surface area (TPSA) is 76.0 Å². The fourth-order valence-corrected chi connectivity index (χ4v) is 2.98. The first-order valence-corrected chi connectivity index (χ1v) is 8.83. The van der Waals surface area contributed by atoms with Gasteiger partial charge in [-0.1, -0.05) is 25.5 Å². The van der Waals surface area contributed by atoms with Gasteiger partial charge in [0.2, 0.25) is 5.75 Å². The van der Waals surface area contributed by atoms with Crippen LogP contribution in [0.4, 0.5) is 0 Å². The Balaban J connectivity index is 2.51. The number of phenols is 2. The van der Waals surface area contributed by atoms with Gasteiger partial charge in [-0.2, -0.15) is 0 Å². The molecule has 1 atom stereocenters. The van der Waals surface area contributed by atoms with Crippen LogP contribution in [0.2, 0.25) is 0 Å². The molecule has 1 aromatic carbocycles. The van der Waals surface area contributed by atoms with Gasteiger partial charge in [-0.15, -0.1) is 0 Å². The molecule has 0 saturated heterocycles. The molecule has 5 heteroatoms. The molecule has 1 aliphatic rings. The van der Waals surface area contributed by atoms with E-state index in [2.05, 4.69) is 6.08 Å². The van der Waals surface area contributed by atoms with E-state index in [1.54, 1.807) is 19.9 Å². The Hall–Kier alpha value is -2.43. The van der Waals surface area contributed by atoms with Crippen molar-refractivity contribution in [3.63, 3.8) is 0 Å². The van der Waals surface area contributed by atoms with Crippen molar-refractivity contribution in [2.45, 2.75) is 53.1 Å². The van der Waals surface area contributed by atoms with Crippen molar-refractivity contribution >= 4 is 11.9 Å². The fraction of sp³-hybridized carbons (Fsp3) is 0.476. The first-order chi connectivity index (χ1) is 12.1. The number of ketones is 1. The van der Waals surface area contributed by atoms with Crippen LogP contribution in [0.3, 0.4) is 0 Å². The number of methoxy groups -OCH3 is 1. The molecular formula is C21H28O5. The van der Waals surface area contributed by atoms with E-state index >= 15 is 0 Å². The van der Waals surface area contributed by atoms with Crippen LogP contribution in [0.25, 0.3) is 6.08 Å². The number of benzene rings is 1. The molecule has 0 radical (unpaired) electrons. The molecule has 0 aliphatic carbocycles. The molecule has 0 bridgehead atoms. The monoisotopic (exact) mass is 360 g/mol. The van der Waals surface area contributed by atoms with E-state index in [1.807, 2.05) is 26.8 Å². The summed E-state index contributed by atoms with van der Waals surface area (Å²) in [7, 11) is 1.35. The van der Waals surface area contributed by atoms with E-state index in [4.69, 9.17) is 9.47 Å². The summed E-state index contributed by atoms with van der Waals surface area (Å²) in [5, 5.41) is 21.3. The van der Waals surface area contributed by atoms with E-state index < -0.39 is 5.60 Å². The summed E-state index contributed by atoms with van der Waals surface area (Å²) in [5.41, 5.74) is 0.886. The quantitative estimate of drug-likeness (QED) is 0.431. The Morgan fingerprint density at radius 3 is 2.50 bits per heavy atom. The van der Waals surface area contributed by atoms with E-state index in [0.717, 1.165) is 6.42 Å². The molecule has 1 heterocycles. The summed E-state index contributed by atoms with van der Waals surface area (Å²) in [5.74, 6) is -1.06. The number of allylic oxidation sites excluding steroid dienone is 2. The number of Topliss-reactive ketones (excluding diaryl/α,β-unsaturated/α-hetero) is 1. The highest BCUT2D eigenvalue weighted by atomic mass is 16.5. The van der Waals surface area contributed by atoms with Crippen LogP contribution in [-0.4, -0.2) is 28.7 Å². The number of hydrogen-bond acceptors (Lipinski definition) is 5. The first kappa shape index (κ1) is 19.9. The van der Waals surface area contributed by atoms with Crippen LogP contribution in [0.5, 0.6) is 23.0 Å². The van der Waals surface area contributed by atoms with Crippen molar-refractivity contribution in [3.8, 4) is 23.0 Å². The fourth-order valence-electron chi connectivity index (χ4n) is 2.98. The van der Waals surface area contributed by atoms with Crippen molar-refractivity contribution in [1.29, 1.82) is 0 Å². The van der Waals surface area contributed by atoms with Crippen LogP contribution < -0.4 is 9.47 Å². The van der Waals surface area contributed by atoms with Gasteiger partial charge >= 0.3 is 0 Å². The smallest absolute Gasteiger partial charge is 0.202 e. The normalized spacial score (nSPS) is 18.3. The minimum atomic E-state index is -0.628. The van der Waals surface area contributed by atoms with Gasteiger partial charge in [0, 0.05) is 5.92 Å². The summed E-state index contributed by atoms with van der Waals surface area (Å²) < 4.78 is 11.3. The lowest BCUT2D eigenvalue weighted by Gasteiger charge is -2.33. The Labute approximate surface area is 154 Å². The van der Waals surface area contributed by atoms with Crippen molar-refractivity contribution in [1.82, 2.24) is 0 Å². The summed E-state index contributed by atoms with van der Waals surface area (Å²) in [6.45, 7) is 9.45. The van der Waals surface area contributed by atoms with Crippen LogP contribution in [-0.2, 0) is 0 Å². The Kier molecular flexibility index (Phi) is 5.69. The maximum absolute atomic E-state index is 12.5. The number of phenolic OH excluding ortho intramolecular Hbond substituents is 2. The van der Waals surface area contributed by atoms with Crippen LogP contribution in [0.1, 0.15) is 63.4 Å². The molecule has 2 rings (SSSR count). The molecule has 1 aromatic rings. The Morgan fingerprint density at radius 1 is 1.31 bits per heavy atom. The van der Waals surface area contributed by atoms with Crippen LogP contribution in [0, 0.1) is 5.92 Å². The highest BCUT2D eigenvalue weighted by molar-refractivity contribution is 6.05. The third-order valence-corrected chi connectivity index (χ3v) is 4.50. The van der Waals surface area contributed by atoms with Gasteiger partial charge in [-0.3, -0.25) is 4.79 Å². The second-order valence-electron chi connectivity index (χ2n) is 7.44. The van der Waals surface area contributed by atoms with Gasteiger partial charge in [0.25, 0.3) is 0 Å². The average molecular weight is 360 g/mol. The Morgan fingerprint density at radius 2 is 1.96 bits per heavy atom. The minimum absolute atomic E-state index is 0.0138. The number of rotatable bonds is 6. The standard InChI is InChI=1S/C21H28O5/c1-12(2)8-7-10-21(5)11-9-14-17(23)15(16(22)13(3)4)20(25-6)18(24)19(14)26-21/h8-9,11,13,23-24H,7,10H2,1-6H3. The number of carbonyl (C=O) groups is 1. The van der Waals surface area contributed by atoms with Gasteiger partial charge in [-0.05, 0) is 45.8 Å². The number of ether oxygens (including phenoxy) is 2. The van der Waals surface area contributed by atoms with Gasteiger partial charge in [0.1, 0.15) is 16.9 Å². The lowest BCUT2D eigenvalue weighted by molar-refractivity contribution is 0.0931. The summed E-state index contributed by atoms with van der Waals surface area (Å²) in [4.78, 5) is 12.5. The number of fused-ring (bicyclic) bond motifs is 1. The molecule has 5 nitrogen and oxygen atoms in total. The molecule has 142 valence electrons. The van der Waals surface area contributed by atoms with Crippen molar-refractivity contribution < 1.29 is 24.5 Å². The highest BCUT2D eigenvalue weighted by Gasteiger charge is 2.35. The number of carbonyl (C=O) groups excluding carboxylic acids is 1. The van der Waals surface area contributed by atoms with E-state index in [9.17, 15) is 15.0 Å². The van der Waals surface area contributed by atoms with Crippen molar-refractivity contribution in [2.75, 3.05) is 7.11 Å². The highest BCUT2D eigenvalue weighted by Crippen LogP contribution is 2.52. The molecule has 0 aromatic heterocycles. The molecule has 0 amide bonds. The van der Waals surface area contributed by atoms with Crippen molar-refractivity contribution in [3.05, 3.63) is 28.9 Å². The average Bonchev–Trinajstić information content (AvgIpc) is 2.56. The van der Waals surface area contributed by atoms with E-state index in [0.29, 0.717) is 12.0 Å². The van der Waals surface area contributed by atoms with Crippen LogP contribution >= 0.6 is 0 Å². The van der Waals surface area contributed by atoms with Gasteiger partial charge in [0.05, 0.1) is 12.7 Å². The summed E-state index contributed by atoms with van der Waals surface area (Å²) >= 11 is 0. The molecule has 0 fully saturated rings. The predicted molar refractivity (Wildman–Crippen MR) is 102 cm³/mol. The van der Waals surface area contributed by atoms with E-state index in [-0.39, 0.29) is 40.3 Å². The Bertz CT molecular complexity index is 769. The molecular weight excluding hydrogens is 332 g/mol. The zero-order chi connectivity index (χ0) is 19.6. The first-order valence-electron chi connectivity index (χ1n) is 8.83. The third-order valence-electron chi connectivity index (χ3n) is 4.50. The molecule has 2 N–H and O–H groups in total. The maximum Gasteiger partial charge on any atom is 0.202 e. The lowest BCUT2D eigenvalue weighted by Crippen LogP contribution is -2.32.